The fourth-order valence-electron chi connectivity index (χ4n) is 5.12. The van der Waals surface area contributed by atoms with Gasteiger partial charge in [0.15, 0.2) is 0 Å². The van der Waals surface area contributed by atoms with E-state index in [1.807, 2.05) is 6.20 Å². The van der Waals surface area contributed by atoms with Gasteiger partial charge in [-0.1, -0.05) is 32.9 Å². The number of hydrogen-bond acceptors (Lipinski definition) is 6. The van der Waals surface area contributed by atoms with Crippen molar-refractivity contribution in [1.82, 2.24) is 15.6 Å². The van der Waals surface area contributed by atoms with Gasteiger partial charge in [0.2, 0.25) is 11.8 Å². The van der Waals surface area contributed by atoms with Gasteiger partial charge in [-0.15, -0.1) is 0 Å². The van der Waals surface area contributed by atoms with Gasteiger partial charge in [-0.05, 0) is 47.6 Å². The van der Waals surface area contributed by atoms with Gasteiger partial charge < -0.3 is 25.2 Å². The van der Waals surface area contributed by atoms with Gasteiger partial charge >= 0.3 is 0 Å². The second-order valence-corrected chi connectivity index (χ2v) is 11.4. The normalized spacial score (nSPS) is 23.1. The van der Waals surface area contributed by atoms with E-state index in [2.05, 4.69) is 42.5 Å². The van der Waals surface area contributed by atoms with E-state index in [4.69, 9.17) is 9.47 Å². The largest absolute Gasteiger partial charge is 0.468 e. The highest BCUT2D eigenvalue weighted by atomic mass is 19.1. The summed E-state index contributed by atoms with van der Waals surface area (Å²) in [5, 5.41) is 17.5. The minimum Gasteiger partial charge on any atom is -0.468 e. The Hall–Kier alpha value is -2.55. The number of amides is 1. The van der Waals surface area contributed by atoms with Crippen LogP contribution < -0.4 is 15.4 Å². The Kier molecular flexibility index (Phi) is 7.97. The van der Waals surface area contributed by atoms with Crippen LogP contribution in [0.3, 0.4) is 0 Å². The highest BCUT2D eigenvalue weighted by Crippen LogP contribution is 2.42. The zero-order valence-corrected chi connectivity index (χ0v) is 21.6. The Bertz CT molecular complexity index is 1050. The molecule has 1 fully saturated rings. The highest BCUT2D eigenvalue weighted by Gasteiger charge is 2.45. The molecule has 4 rings (SSSR count). The Labute approximate surface area is 212 Å². The molecule has 0 radical (unpaired) electrons. The first-order valence-electron chi connectivity index (χ1n) is 12.7. The first-order valence-corrected chi connectivity index (χ1v) is 12.7. The number of nitrogens with one attached hydrogen (secondary N) is 2. The molecule has 0 bridgehead atoms. The quantitative estimate of drug-likeness (QED) is 0.515. The van der Waals surface area contributed by atoms with Crippen molar-refractivity contribution in [2.75, 3.05) is 19.8 Å². The van der Waals surface area contributed by atoms with E-state index in [1.165, 1.54) is 19.1 Å². The predicted octanol–water partition coefficient (Wildman–Crippen LogP) is 3.49. The third-order valence-corrected chi connectivity index (χ3v) is 6.80. The van der Waals surface area contributed by atoms with Crippen LogP contribution in [0, 0.1) is 11.2 Å². The minimum absolute atomic E-state index is 0.0821. The van der Waals surface area contributed by atoms with E-state index in [9.17, 15) is 14.3 Å². The summed E-state index contributed by atoms with van der Waals surface area (Å²) in [5.41, 5.74) is 2.65. The van der Waals surface area contributed by atoms with Crippen LogP contribution in [0.25, 0.3) is 0 Å². The molecule has 2 aliphatic heterocycles. The Balaban J connectivity index is 1.51. The summed E-state index contributed by atoms with van der Waals surface area (Å²) in [6.45, 7) is 9.44. The van der Waals surface area contributed by atoms with Crippen molar-refractivity contribution < 1.29 is 23.8 Å². The number of carbonyl (C=O) groups excluding carboxylic acids is 1. The molecule has 0 unspecified atom stereocenters. The molecular weight excluding hydrogens is 461 g/mol. The number of pyridine rings is 1. The smallest absolute Gasteiger partial charge is 0.218 e. The SMILES string of the molecule is CC(=O)N[C@@H](Cc1ccc(F)cc1)[C@H](O)CN[C@H]1C[C@]2(CCOC2)Oc2ncc(CC(C)(C)C)cc21. The second-order valence-electron chi connectivity index (χ2n) is 11.4. The number of carbonyl (C=O) groups is 1. The Morgan fingerprint density at radius 2 is 2.03 bits per heavy atom. The van der Waals surface area contributed by atoms with E-state index in [0.717, 1.165) is 29.5 Å². The molecule has 7 nitrogen and oxygen atoms in total. The summed E-state index contributed by atoms with van der Waals surface area (Å²) >= 11 is 0. The van der Waals surface area contributed by atoms with Gasteiger partial charge in [0.1, 0.15) is 11.4 Å². The van der Waals surface area contributed by atoms with Gasteiger partial charge in [-0.2, -0.15) is 0 Å². The van der Waals surface area contributed by atoms with Crippen LogP contribution in [-0.2, 0) is 22.4 Å². The number of aliphatic hydroxyl groups is 1. The van der Waals surface area contributed by atoms with Crippen LogP contribution in [0.5, 0.6) is 5.88 Å². The molecule has 8 heteroatoms. The summed E-state index contributed by atoms with van der Waals surface area (Å²) < 4.78 is 25.4. The molecule has 1 amide bonds. The lowest BCUT2D eigenvalue weighted by molar-refractivity contribution is -0.120. The minimum atomic E-state index is -0.855. The van der Waals surface area contributed by atoms with Crippen molar-refractivity contribution >= 4 is 5.91 Å². The molecule has 3 heterocycles. The number of benzene rings is 1. The third-order valence-electron chi connectivity index (χ3n) is 6.80. The third kappa shape index (κ3) is 6.81. The molecule has 0 aliphatic carbocycles. The average molecular weight is 500 g/mol. The topological polar surface area (TPSA) is 92.7 Å². The van der Waals surface area contributed by atoms with E-state index in [1.54, 1.807) is 12.1 Å². The van der Waals surface area contributed by atoms with Crippen LogP contribution in [-0.4, -0.2) is 53.5 Å². The molecule has 36 heavy (non-hydrogen) atoms. The van der Waals surface area contributed by atoms with Gasteiger partial charge in [0, 0.05) is 44.1 Å². The Morgan fingerprint density at radius 3 is 2.67 bits per heavy atom. The van der Waals surface area contributed by atoms with Crippen molar-refractivity contribution in [1.29, 1.82) is 0 Å². The molecular formula is C28H38FN3O4. The summed E-state index contributed by atoms with van der Waals surface area (Å²) in [6.07, 6.45) is 3.81. The van der Waals surface area contributed by atoms with E-state index >= 15 is 0 Å². The van der Waals surface area contributed by atoms with Crippen LogP contribution in [0.2, 0.25) is 0 Å². The van der Waals surface area contributed by atoms with Crippen molar-refractivity contribution in [2.24, 2.45) is 5.41 Å². The molecule has 3 N–H and O–H groups in total. The predicted molar refractivity (Wildman–Crippen MR) is 135 cm³/mol. The van der Waals surface area contributed by atoms with E-state index in [-0.39, 0.29) is 29.7 Å². The standard InChI is InChI=1S/C28H38FN3O4/c1-18(33)32-23(12-19-5-7-21(29)8-6-19)25(34)16-30-24-14-28(9-10-35-17-28)36-26-22(24)11-20(15-31-26)13-27(2,3)4/h5-8,11,15,23-25,30,34H,9-10,12-14,16-17H2,1-4H3,(H,32,33)/t23-,24-,25+,28-/m0/s1. The summed E-state index contributed by atoms with van der Waals surface area (Å²) in [4.78, 5) is 16.5. The number of halogens is 1. The highest BCUT2D eigenvalue weighted by molar-refractivity contribution is 5.73. The zero-order chi connectivity index (χ0) is 25.9. The average Bonchev–Trinajstić information content (AvgIpc) is 3.24. The molecule has 2 aromatic rings. The summed E-state index contributed by atoms with van der Waals surface area (Å²) in [6, 6.07) is 7.67. The Morgan fingerprint density at radius 1 is 1.28 bits per heavy atom. The number of ether oxygens (including phenoxy) is 2. The van der Waals surface area contributed by atoms with Crippen LogP contribution in [0.15, 0.2) is 36.5 Å². The molecule has 1 saturated heterocycles. The van der Waals surface area contributed by atoms with Crippen molar-refractivity contribution in [3.05, 3.63) is 59.0 Å². The fourth-order valence-corrected chi connectivity index (χ4v) is 5.12. The maximum absolute atomic E-state index is 13.3. The maximum atomic E-state index is 13.3. The van der Waals surface area contributed by atoms with Gasteiger partial charge in [-0.3, -0.25) is 4.79 Å². The van der Waals surface area contributed by atoms with Crippen molar-refractivity contribution in [2.45, 2.75) is 77.2 Å². The van der Waals surface area contributed by atoms with Crippen LogP contribution in [0.1, 0.15) is 63.3 Å². The van der Waals surface area contributed by atoms with Crippen molar-refractivity contribution in [3.63, 3.8) is 0 Å². The number of aliphatic hydroxyl groups excluding tert-OH is 1. The fraction of sp³-hybridized carbons (Fsp3) is 0.571. The first kappa shape index (κ1) is 26.5. The lowest BCUT2D eigenvalue weighted by Gasteiger charge is -2.39. The second kappa shape index (κ2) is 10.8. The van der Waals surface area contributed by atoms with E-state index in [0.29, 0.717) is 31.9 Å². The summed E-state index contributed by atoms with van der Waals surface area (Å²) in [5.74, 6) is 0.0660. The molecule has 1 aromatic heterocycles. The molecule has 1 aromatic carbocycles. The lowest BCUT2D eigenvalue weighted by atomic mass is 9.85. The number of fused-ring (bicyclic) bond motifs is 1. The molecule has 0 saturated carbocycles. The number of nitrogens with zero attached hydrogens (tertiary/aromatic N) is 1. The van der Waals surface area contributed by atoms with Gasteiger partial charge in [-0.25, -0.2) is 9.37 Å². The molecule has 2 aliphatic rings. The first-order chi connectivity index (χ1) is 17.0. The number of rotatable bonds is 8. The monoisotopic (exact) mass is 499 g/mol. The zero-order valence-electron chi connectivity index (χ0n) is 21.6. The van der Waals surface area contributed by atoms with Crippen LogP contribution in [0.4, 0.5) is 4.39 Å². The van der Waals surface area contributed by atoms with Crippen LogP contribution >= 0.6 is 0 Å². The van der Waals surface area contributed by atoms with Gasteiger partial charge in [0.05, 0.1) is 25.4 Å². The molecule has 196 valence electrons. The molecule has 4 atom stereocenters. The summed E-state index contributed by atoms with van der Waals surface area (Å²) in [7, 11) is 0. The van der Waals surface area contributed by atoms with Crippen molar-refractivity contribution in [3.8, 4) is 5.88 Å². The van der Waals surface area contributed by atoms with Gasteiger partial charge in [0.25, 0.3) is 0 Å². The maximum Gasteiger partial charge on any atom is 0.218 e. The molecule has 1 spiro atoms. The number of aromatic nitrogens is 1. The van der Waals surface area contributed by atoms with E-state index < -0.39 is 17.7 Å². The number of hydrogen-bond donors (Lipinski definition) is 3. The lowest BCUT2D eigenvalue weighted by Crippen LogP contribution is -2.50.